The highest BCUT2D eigenvalue weighted by molar-refractivity contribution is 4.88. The number of hydrogen-bond acceptors (Lipinski definition) is 3. The Labute approximate surface area is 103 Å². The van der Waals surface area contributed by atoms with Gasteiger partial charge < -0.3 is 15.0 Å². The minimum Gasteiger partial charge on any atom is -0.392 e. The molecule has 1 aromatic rings. The fourth-order valence-corrected chi connectivity index (χ4v) is 2.54. The summed E-state index contributed by atoms with van der Waals surface area (Å²) >= 11 is 0. The smallest absolute Gasteiger partial charge is 0.105 e. The molecule has 2 N–H and O–H groups in total. The van der Waals surface area contributed by atoms with Crippen LogP contribution in [0.1, 0.15) is 37.9 Å². The van der Waals surface area contributed by atoms with Crippen LogP contribution in [-0.2, 0) is 6.54 Å². The fourth-order valence-electron chi connectivity index (χ4n) is 2.54. The second-order valence-corrected chi connectivity index (χ2v) is 4.93. The van der Waals surface area contributed by atoms with Crippen LogP contribution in [0.5, 0.6) is 0 Å². The molecule has 1 saturated carbocycles. The Morgan fingerprint density at radius 2 is 2.24 bits per heavy atom. The maximum atomic E-state index is 9.98. The maximum absolute atomic E-state index is 9.98. The summed E-state index contributed by atoms with van der Waals surface area (Å²) in [6, 6.07) is 0.279. The van der Waals surface area contributed by atoms with Crippen molar-refractivity contribution < 1.29 is 5.11 Å². The Hall–Kier alpha value is -0.870. The van der Waals surface area contributed by atoms with E-state index in [4.69, 9.17) is 0 Å². The third-order valence-electron chi connectivity index (χ3n) is 3.66. The lowest BCUT2D eigenvalue weighted by molar-refractivity contribution is 0.119. The first kappa shape index (κ1) is 12.6. The molecule has 96 valence electrons. The van der Waals surface area contributed by atoms with Crippen molar-refractivity contribution in [3.05, 3.63) is 18.2 Å². The van der Waals surface area contributed by atoms with Crippen LogP contribution in [0, 0.1) is 6.92 Å². The Morgan fingerprint density at radius 3 is 3.00 bits per heavy atom. The standard InChI is InChI=1S/C13H23N3O/c1-11-14-7-9-16(11)10-8-15-12-5-3-2-4-6-13(12)17/h7,9,12-13,15,17H,2-6,8,10H2,1H3. The van der Waals surface area contributed by atoms with Gasteiger partial charge in [0, 0.05) is 31.5 Å². The summed E-state index contributed by atoms with van der Waals surface area (Å²) in [5, 5.41) is 13.5. The first-order chi connectivity index (χ1) is 8.27. The van der Waals surface area contributed by atoms with E-state index in [1.807, 2.05) is 19.3 Å². The summed E-state index contributed by atoms with van der Waals surface area (Å²) in [7, 11) is 0. The summed E-state index contributed by atoms with van der Waals surface area (Å²) in [4.78, 5) is 4.20. The van der Waals surface area contributed by atoms with Gasteiger partial charge in [-0.15, -0.1) is 0 Å². The van der Waals surface area contributed by atoms with Crippen LogP contribution in [0.2, 0.25) is 0 Å². The average Bonchev–Trinajstić information content (AvgIpc) is 2.60. The molecule has 17 heavy (non-hydrogen) atoms. The van der Waals surface area contributed by atoms with E-state index in [1.165, 1.54) is 19.3 Å². The van der Waals surface area contributed by atoms with Gasteiger partial charge >= 0.3 is 0 Å². The molecular formula is C13H23N3O. The third-order valence-corrected chi connectivity index (χ3v) is 3.66. The molecule has 1 heterocycles. The highest BCUT2D eigenvalue weighted by atomic mass is 16.3. The van der Waals surface area contributed by atoms with E-state index in [2.05, 4.69) is 14.9 Å². The average molecular weight is 237 g/mol. The number of rotatable bonds is 4. The SMILES string of the molecule is Cc1nccn1CCNC1CCCCCC1O. The predicted molar refractivity (Wildman–Crippen MR) is 67.8 cm³/mol. The molecule has 2 unspecified atom stereocenters. The molecule has 0 amide bonds. The van der Waals surface area contributed by atoms with Gasteiger partial charge in [0.25, 0.3) is 0 Å². The van der Waals surface area contributed by atoms with Crippen molar-refractivity contribution in [2.75, 3.05) is 6.54 Å². The molecule has 1 fully saturated rings. The van der Waals surface area contributed by atoms with Crippen molar-refractivity contribution in [1.82, 2.24) is 14.9 Å². The number of aryl methyl sites for hydroxylation is 1. The lowest BCUT2D eigenvalue weighted by Crippen LogP contribution is -2.40. The molecule has 2 atom stereocenters. The van der Waals surface area contributed by atoms with Crippen LogP contribution in [0.25, 0.3) is 0 Å². The van der Waals surface area contributed by atoms with Crippen LogP contribution < -0.4 is 5.32 Å². The van der Waals surface area contributed by atoms with E-state index in [9.17, 15) is 5.11 Å². The minimum absolute atomic E-state index is 0.165. The van der Waals surface area contributed by atoms with Gasteiger partial charge in [0.05, 0.1) is 6.10 Å². The van der Waals surface area contributed by atoms with Gasteiger partial charge in [-0.1, -0.05) is 19.3 Å². The fraction of sp³-hybridized carbons (Fsp3) is 0.769. The van der Waals surface area contributed by atoms with Crippen LogP contribution in [0.3, 0.4) is 0 Å². The lowest BCUT2D eigenvalue weighted by Gasteiger charge is -2.22. The molecule has 0 saturated heterocycles. The third kappa shape index (κ3) is 3.54. The summed E-state index contributed by atoms with van der Waals surface area (Å²) in [5.41, 5.74) is 0. The molecular weight excluding hydrogens is 214 g/mol. The van der Waals surface area contributed by atoms with Crippen molar-refractivity contribution >= 4 is 0 Å². The van der Waals surface area contributed by atoms with Gasteiger partial charge in [-0.3, -0.25) is 0 Å². The number of aliphatic hydroxyl groups is 1. The quantitative estimate of drug-likeness (QED) is 0.780. The summed E-state index contributed by atoms with van der Waals surface area (Å²) in [6.07, 6.45) is 9.37. The Bertz CT molecular complexity index is 337. The highest BCUT2D eigenvalue weighted by Gasteiger charge is 2.20. The number of nitrogens with one attached hydrogen (secondary N) is 1. The lowest BCUT2D eigenvalue weighted by atomic mass is 10.1. The Morgan fingerprint density at radius 1 is 1.41 bits per heavy atom. The van der Waals surface area contributed by atoms with Crippen LogP contribution in [0.4, 0.5) is 0 Å². The van der Waals surface area contributed by atoms with E-state index in [1.54, 1.807) is 0 Å². The maximum Gasteiger partial charge on any atom is 0.105 e. The molecule has 4 heteroatoms. The molecule has 1 aliphatic rings. The number of imidazole rings is 1. The summed E-state index contributed by atoms with van der Waals surface area (Å²) in [6.45, 7) is 3.84. The molecule has 0 aromatic carbocycles. The topological polar surface area (TPSA) is 50.1 Å². The zero-order valence-electron chi connectivity index (χ0n) is 10.6. The Balaban J connectivity index is 1.75. The second-order valence-electron chi connectivity index (χ2n) is 4.93. The van der Waals surface area contributed by atoms with Crippen molar-refractivity contribution in [3.63, 3.8) is 0 Å². The molecule has 2 rings (SSSR count). The molecule has 1 aromatic heterocycles. The molecule has 0 radical (unpaired) electrons. The predicted octanol–water partition coefficient (Wildman–Crippen LogP) is 1.47. The van der Waals surface area contributed by atoms with Crippen LogP contribution in [0.15, 0.2) is 12.4 Å². The first-order valence-corrected chi connectivity index (χ1v) is 6.66. The van der Waals surface area contributed by atoms with Crippen LogP contribution >= 0.6 is 0 Å². The van der Waals surface area contributed by atoms with Gasteiger partial charge in [0.2, 0.25) is 0 Å². The second kappa shape index (κ2) is 6.17. The normalized spacial score (nSPS) is 25.8. The number of hydrogen-bond donors (Lipinski definition) is 2. The summed E-state index contributed by atoms with van der Waals surface area (Å²) < 4.78 is 2.14. The van der Waals surface area contributed by atoms with E-state index in [0.29, 0.717) is 0 Å². The largest absolute Gasteiger partial charge is 0.392 e. The zero-order valence-corrected chi connectivity index (χ0v) is 10.6. The van der Waals surface area contributed by atoms with E-state index in [0.717, 1.165) is 31.8 Å². The molecule has 0 aliphatic heterocycles. The van der Waals surface area contributed by atoms with Crippen molar-refractivity contribution in [2.45, 2.75) is 57.7 Å². The van der Waals surface area contributed by atoms with Gasteiger partial charge in [-0.05, 0) is 19.8 Å². The zero-order chi connectivity index (χ0) is 12.1. The van der Waals surface area contributed by atoms with Gasteiger partial charge in [0.15, 0.2) is 0 Å². The summed E-state index contributed by atoms with van der Waals surface area (Å²) in [5.74, 6) is 1.05. The van der Waals surface area contributed by atoms with Gasteiger partial charge in [0.1, 0.15) is 5.82 Å². The van der Waals surface area contributed by atoms with Crippen molar-refractivity contribution in [3.8, 4) is 0 Å². The Kier molecular flexibility index (Phi) is 4.57. The molecule has 1 aliphatic carbocycles. The number of aromatic nitrogens is 2. The monoisotopic (exact) mass is 237 g/mol. The minimum atomic E-state index is -0.165. The number of nitrogens with zero attached hydrogens (tertiary/aromatic N) is 2. The highest BCUT2D eigenvalue weighted by Crippen LogP contribution is 2.17. The van der Waals surface area contributed by atoms with Gasteiger partial charge in [-0.2, -0.15) is 0 Å². The molecule has 4 nitrogen and oxygen atoms in total. The van der Waals surface area contributed by atoms with E-state index >= 15 is 0 Å². The first-order valence-electron chi connectivity index (χ1n) is 6.66. The van der Waals surface area contributed by atoms with Crippen molar-refractivity contribution in [2.24, 2.45) is 0 Å². The molecule has 0 bridgehead atoms. The molecule has 0 spiro atoms. The van der Waals surface area contributed by atoms with Gasteiger partial charge in [-0.25, -0.2) is 4.98 Å². The number of aliphatic hydroxyl groups excluding tert-OH is 1. The van der Waals surface area contributed by atoms with Crippen LogP contribution in [-0.4, -0.2) is 33.3 Å². The van der Waals surface area contributed by atoms with Crippen molar-refractivity contribution in [1.29, 1.82) is 0 Å². The van der Waals surface area contributed by atoms with E-state index < -0.39 is 0 Å². The van der Waals surface area contributed by atoms with E-state index in [-0.39, 0.29) is 12.1 Å².